The number of piperazine rings is 1. The van der Waals surface area contributed by atoms with Crippen molar-refractivity contribution in [3.8, 4) is 0 Å². The van der Waals surface area contributed by atoms with E-state index < -0.39 is 43.8 Å². The van der Waals surface area contributed by atoms with E-state index in [0.29, 0.717) is 39.1 Å². The third-order valence-corrected chi connectivity index (χ3v) is 7.57. The van der Waals surface area contributed by atoms with E-state index in [1.165, 1.54) is 0 Å². The number of rotatable bonds is 7. The zero-order valence-corrected chi connectivity index (χ0v) is 20.5. The van der Waals surface area contributed by atoms with Gasteiger partial charge in [0.1, 0.15) is 19.2 Å². The zero-order valence-electron chi connectivity index (χ0n) is 20.5. The molecule has 3 saturated heterocycles. The first kappa shape index (κ1) is 28.3. The minimum atomic E-state index is -4.46. The molecule has 1 aliphatic carbocycles. The second-order valence-corrected chi connectivity index (χ2v) is 10.3. The van der Waals surface area contributed by atoms with Gasteiger partial charge in [0, 0.05) is 38.8 Å². The van der Waals surface area contributed by atoms with Gasteiger partial charge in [0.05, 0.1) is 18.1 Å². The first-order valence-electron chi connectivity index (χ1n) is 12.9. The number of nitrogens with one attached hydrogen (secondary N) is 4. The summed E-state index contributed by atoms with van der Waals surface area (Å²) in [5.74, 6) is -1.24. The van der Waals surface area contributed by atoms with Gasteiger partial charge in [0.2, 0.25) is 0 Å². The van der Waals surface area contributed by atoms with Crippen LogP contribution < -0.4 is 21.3 Å². The zero-order chi connectivity index (χ0) is 25.9. The van der Waals surface area contributed by atoms with Crippen LogP contribution in [-0.2, 0) is 9.47 Å². The fraction of sp³-hybridized carbons (Fsp3) is 1.00. The number of hydrogen-bond acceptors (Lipinski definition) is 8. The van der Waals surface area contributed by atoms with Gasteiger partial charge in [-0.1, -0.05) is 6.42 Å². The quantitative estimate of drug-likeness (QED) is 0.372. The largest absolute Gasteiger partial charge is 0.411 e. The Kier molecular flexibility index (Phi) is 9.40. The average Bonchev–Trinajstić information content (AvgIpc) is 3.26. The fourth-order valence-corrected chi connectivity index (χ4v) is 5.64. The molecule has 0 spiro atoms. The molecule has 0 aromatic rings. The molecule has 4 N–H and O–H groups in total. The lowest BCUT2D eigenvalue weighted by Crippen LogP contribution is -2.76. The van der Waals surface area contributed by atoms with E-state index in [-0.39, 0.29) is 31.1 Å². The number of nitrogens with zero attached hydrogens (tertiary/aromatic N) is 2. The molecule has 4 rings (SSSR count). The van der Waals surface area contributed by atoms with Crippen LogP contribution in [0.25, 0.3) is 0 Å². The van der Waals surface area contributed by atoms with Gasteiger partial charge in [-0.2, -0.15) is 26.3 Å². The van der Waals surface area contributed by atoms with Gasteiger partial charge in [0.25, 0.3) is 0 Å². The summed E-state index contributed by atoms with van der Waals surface area (Å²) in [6.45, 7) is 3.48. The lowest BCUT2D eigenvalue weighted by Gasteiger charge is -2.48. The van der Waals surface area contributed by atoms with E-state index in [0.717, 1.165) is 19.3 Å². The number of ether oxygens (including phenoxy) is 2. The Labute approximate surface area is 207 Å². The van der Waals surface area contributed by atoms with Crippen LogP contribution in [0.15, 0.2) is 0 Å². The average molecular weight is 533 g/mol. The van der Waals surface area contributed by atoms with E-state index in [4.69, 9.17) is 9.47 Å². The normalized spacial score (nSPS) is 37.9. The Morgan fingerprint density at radius 3 is 2.28 bits per heavy atom. The molecule has 36 heavy (non-hydrogen) atoms. The Morgan fingerprint density at radius 1 is 0.917 bits per heavy atom. The minimum Gasteiger partial charge on any atom is -0.374 e. The first-order valence-corrected chi connectivity index (χ1v) is 12.9. The molecule has 0 radical (unpaired) electrons. The SMILES string of the molecule is CC1CCC(CNC2NC(OCC(F)(F)F)NC(N3CCN(C4CCCC(C(F)(F)F)C4)CC3)N2)O1. The van der Waals surface area contributed by atoms with E-state index in [2.05, 4.69) is 26.2 Å². The van der Waals surface area contributed by atoms with Crippen LogP contribution in [0.5, 0.6) is 0 Å². The van der Waals surface area contributed by atoms with Crippen molar-refractivity contribution in [2.45, 2.75) is 95.0 Å². The molecule has 14 heteroatoms. The van der Waals surface area contributed by atoms with Crippen molar-refractivity contribution in [2.75, 3.05) is 39.3 Å². The summed E-state index contributed by atoms with van der Waals surface area (Å²) in [4.78, 5) is 4.18. The lowest BCUT2D eigenvalue weighted by atomic mass is 9.84. The molecule has 210 valence electrons. The third kappa shape index (κ3) is 8.13. The highest BCUT2D eigenvalue weighted by Gasteiger charge is 2.44. The van der Waals surface area contributed by atoms with Crippen LogP contribution in [0.1, 0.15) is 45.4 Å². The summed E-state index contributed by atoms with van der Waals surface area (Å²) < 4.78 is 88.8. The van der Waals surface area contributed by atoms with Crippen molar-refractivity contribution < 1.29 is 35.8 Å². The highest BCUT2D eigenvalue weighted by Crippen LogP contribution is 2.39. The van der Waals surface area contributed by atoms with Gasteiger partial charge in [0.15, 0.2) is 6.35 Å². The smallest absolute Gasteiger partial charge is 0.374 e. The van der Waals surface area contributed by atoms with Crippen LogP contribution in [0.3, 0.4) is 0 Å². The summed E-state index contributed by atoms with van der Waals surface area (Å²) in [5.41, 5.74) is 0. The second-order valence-electron chi connectivity index (χ2n) is 10.3. The van der Waals surface area contributed by atoms with Crippen LogP contribution in [-0.4, -0.2) is 98.7 Å². The van der Waals surface area contributed by atoms with Gasteiger partial charge in [-0.3, -0.25) is 31.1 Å². The summed E-state index contributed by atoms with van der Waals surface area (Å²) >= 11 is 0. The molecule has 4 aliphatic rings. The van der Waals surface area contributed by atoms with E-state index in [9.17, 15) is 26.3 Å². The summed E-state index contributed by atoms with van der Waals surface area (Å²) in [5, 5.41) is 12.6. The van der Waals surface area contributed by atoms with Crippen molar-refractivity contribution in [3.05, 3.63) is 0 Å². The lowest BCUT2D eigenvalue weighted by molar-refractivity contribution is -0.202. The molecule has 3 aliphatic heterocycles. The molecule has 7 unspecified atom stereocenters. The Bertz CT molecular complexity index is 693. The summed E-state index contributed by atoms with van der Waals surface area (Å²) in [6, 6.07) is -0.0902. The Hall–Kier alpha value is -0.740. The third-order valence-electron chi connectivity index (χ3n) is 7.57. The monoisotopic (exact) mass is 532 g/mol. The summed E-state index contributed by atoms with van der Waals surface area (Å²) in [7, 11) is 0. The molecule has 4 fully saturated rings. The fourth-order valence-electron chi connectivity index (χ4n) is 5.64. The van der Waals surface area contributed by atoms with Gasteiger partial charge >= 0.3 is 12.4 Å². The van der Waals surface area contributed by atoms with Crippen molar-refractivity contribution in [3.63, 3.8) is 0 Å². The molecule has 7 atom stereocenters. The van der Waals surface area contributed by atoms with Crippen LogP contribution in [0.2, 0.25) is 0 Å². The van der Waals surface area contributed by atoms with Gasteiger partial charge in [-0.05, 0) is 39.0 Å². The van der Waals surface area contributed by atoms with E-state index in [1.54, 1.807) is 0 Å². The van der Waals surface area contributed by atoms with E-state index in [1.807, 2.05) is 11.8 Å². The van der Waals surface area contributed by atoms with E-state index >= 15 is 0 Å². The van der Waals surface area contributed by atoms with Crippen LogP contribution in [0.4, 0.5) is 26.3 Å². The molecule has 0 bridgehead atoms. The van der Waals surface area contributed by atoms with Crippen molar-refractivity contribution in [1.82, 2.24) is 31.1 Å². The van der Waals surface area contributed by atoms with Gasteiger partial charge in [-0.15, -0.1) is 0 Å². The number of hydrogen-bond donors (Lipinski definition) is 4. The van der Waals surface area contributed by atoms with Gasteiger partial charge < -0.3 is 9.47 Å². The highest BCUT2D eigenvalue weighted by molar-refractivity contribution is 4.88. The predicted molar refractivity (Wildman–Crippen MR) is 119 cm³/mol. The maximum atomic E-state index is 13.2. The maximum Gasteiger partial charge on any atom is 0.411 e. The molecule has 1 saturated carbocycles. The van der Waals surface area contributed by atoms with Crippen LogP contribution in [0, 0.1) is 5.92 Å². The second kappa shape index (κ2) is 12.0. The van der Waals surface area contributed by atoms with Gasteiger partial charge in [-0.25, -0.2) is 0 Å². The number of alkyl halides is 6. The van der Waals surface area contributed by atoms with Crippen molar-refractivity contribution in [1.29, 1.82) is 0 Å². The van der Waals surface area contributed by atoms with Crippen molar-refractivity contribution in [2.24, 2.45) is 5.92 Å². The Balaban J connectivity index is 1.30. The molecule has 0 amide bonds. The van der Waals surface area contributed by atoms with Crippen molar-refractivity contribution >= 4 is 0 Å². The van der Waals surface area contributed by atoms with Crippen LogP contribution >= 0.6 is 0 Å². The molecular weight excluding hydrogens is 494 g/mol. The number of halogens is 6. The molecule has 3 heterocycles. The minimum absolute atomic E-state index is 0.0334. The molecule has 0 aromatic heterocycles. The summed E-state index contributed by atoms with van der Waals surface area (Å²) in [6.07, 6.45) is -6.88. The Morgan fingerprint density at radius 2 is 1.64 bits per heavy atom. The standard InChI is InChI=1S/C22H38F6N6O2/c1-14-5-6-17(36-14)12-29-18-30-19(32-20(31-18)35-13-21(23,24)25)34-9-7-33(8-10-34)16-4-2-3-15(11-16)22(26,27)28/h14-20,29-32H,2-13H2,1H3. The highest BCUT2D eigenvalue weighted by atomic mass is 19.4. The maximum absolute atomic E-state index is 13.2. The molecule has 0 aromatic carbocycles. The molecule has 8 nitrogen and oxygen atoms in total. The first-order chi connectivity index (χ1) is 17.0. The topological polar surface area (TPSA) is 73.1 Å². The molecular formula is C22H38F6N6O2. The predicted octanol–water partition coefficient (Wildman–Crippen LogP) is 2.09.